The Morgan fingerprint density at radius 2 is 2.10 bits per heavy atom. The van der Waals surface area contributed by atoms with Gasteiger partial charge in [-0.2, -0.15) is 0 Å². The van der Waals surface area contributed by atoms with Gasteiger partial charge < -0.3 is 10.3 Å². The van der Waals surface area contributed by atoms with Gasteiger partial charge in [-0.05, 0) is 30.0 Å². The Hall–Kier alpha value is -1.35. The number of aryl methyl sites for hydroxylation is 1. The Kier molecular flexibility index (Phi) is 4.06. The van der Waals surface area contributed by atoms with Crippen LogP contribution in [-0.4, -0.2) is 9.55 Å². The molecule has 2 aromatic rings. The zero-order chi connectivity index (χ0) is 13.9. The standard InChI is InChI=1S/C17H25N3/c1-2-9-20-16-8-7-14(12-18)10-15(16)19-17(20)11-13-5-3-4-6-13/h7-8,10,13H,2-6,9,11-12,18H2,1H3. The van der Waals surface area contributed by atoms with Crippen LogP contribution in [0.2, 0.25) is 0 Å². The summed E-state index contributed by atoms with van der Waals surface area (Å²) in [6.07, 6.45) is 7.85. The van der Waals surface area contributed by atoms with E-state index in [9.17, 15) is 0 Å². The Morgan fingerprint density at radius 3 is 2.80 bits per heavy atom. The van der Waals surface area contributed by atoms with E-state index in [4.69, 9.17) is 10.7 Å². The summed E-state index contributed by atoms with van der Waals surface area (Å²) in [6.45, 7) is 3.90. The van der Waals surface area contributed by atoms with Crippen LogP contribution in [0.4, 0.5) is 0 Å². The van der Waals surface area contributed by atoms with Gasteiger partial charge in [0.2, 0.25) is 0 Å². The van der Waals surface area contributed by atoms with E-state index in [2.05, 4.69) is 29.7 Å². The van der Waals surface area contributed by atoms with Crippen molar-refractivity contribution in [2.75, 3.05) is 0 Å². The SMILES string of the molecule is CCCn1c(CC2CCCC2)nc2cc(CN)ccc21. The zero-order valence-corrected chi connectivity index (χ0v) is 12.4. The average Bonchev–Trinajstić information content (AvgIpc) is 3.08. The molecule has 1 aliphatic rings. The van der Waals surface area contributed by atoms with Gasteiger partial charge in [-0.3, -0.25) is 0 Å². The number of aromatic nitrogens is 2. The van der Waals surface area contributed by atoms with Crippen molar-refractivity contribution in [2.45, 2.75) is 58.5 Å². The fraction of sp³-hybridized carbons (Fsp3) is 0.588. The quantitative estimate of drug-likeness (QED) is 0.902. The van der Waals surface area contributed by atoms with Crippen molar-refractivity contribution < 1.29 is 0 Å². The molecule has 1 heterocycles. The van der Waals surface area contributed by atoms with Crippen LogP contribution in [0.1, 0.15) is 50.4 Å². The van der Waals surface area contributed by atoms with E-state index in [-0.39, 0.29) is 0 Å². The molecule has 1 aromatic heterocycles. The fourth-order valence-corrected chi connectivity index (χ4v) is 3.45. The summed E-state index contributed by atoms with van der Waals surface area (Å²) in [6, 6.07) is 6.48. The van der Waals surface area contributed by atoms with Crippen molar-refractivity contribution in [3.8, 4) is 0 Å². The van der Waals surface area contributed by atoms with Crippen molar-refractivity contribution in [3.63, 3.8) is 0 Å². The maximum absolute atomic E-state index is 5.74. The predicted molar refractivity (Wildman–Crippen MR) is 83.6 cm³/mol. The average molecular weight is 271 g/mol. The van der Waals surface area contributed by atoms with Crippen molar-refractivity contribution >= 4 is 11.0 Å². The van der Waals surface area contributed by atoms with Crippen molar-refractivity contribution in [3.05, 3.63) is 29.6 Å². The highest BCUT2D eigenvalue weighted by Crippen LogP contribution is 2.29. The number of benzene rings is 1. The van der Waals surface area contributed by atoms with Crippen LogP contribution in [0.5, 0.6) is 0 Å². The highest BCUT2D eigenvalue weighted by molar-refractivity contribution is 5.77. The smallest absolute Gasteiger partial charge is 0.110 e. The molecule has 3 rings (SSSR count). The second kappa shape index (κ2) is 5.96. The van der Waals surface area contributed by atoms with Crippen LogP contribution in [0.3, 0.4) is 0 Å². The lowest BCUT2D eigenvalue weighted by Crippen LogP contribution is -2.08. The Morgan fingerprint density at radius 1 is 1.30 bits per heavy atom. The van der Waals surface area contributed by atoms with Crippen LogP contribution in [0, 0.1) is 5.92 Å². The summed E-state index contributed by atoms with van der Waals surface area (Å²) in [5.41, 5.74) is 9.31. The minimum atomic E-state index is 0.592. The lowest BCUT2D eigenvalue weighted by molar-refractivity contribution is 0.510. The molecule has 0 amide bonds. The molecule has 1 saturated carbocycles. The third kappa shape index (κ3) is 2.59. The molecule has 0 radical (unpaired) electrons. The summed E-state index contributed by atoms with van der Waals surface area (Å²) in [7, 11) is 0. The largest absolute Gasteiger partial charge is 0.328 e. The van der Waals surface area contributed by atoms with Crippen molar-refractivity contribution in [2.24, 2.45) is 11.7 Å². The van der Waals surface area contributed by atoms with Gasteiger partial charge in [0.25, 0.3) is 0 Å². The van der Waals surface area contributed by atoms with Gasteiger partial charge >= 0.3 is 0 Å². The number of rotatable bonds is 5. The first-order valence-corrected chi connectivity index (χ1v) is 8.00. The predicted octanol–water partition coefficient (Wildman–Crippen LogP) is 3.64. The molecule has 0 atom stereocenters. The number of hydrogen-bond donors (Lipinski definition) is 1. The van der Waals surface area contributed by atoms with Crippen LogP contribution in [0.25, 0.3) is 11.0 Å². The number of imidazole rings is 1. The molecule has 20 heavy (non-hydrogen) atoms. The van der Waals surface area contributed by atoms with E-state index >= 15 is 0 Å². The molecule has 0 saturated heterocycles. The number of hydrogen-bond acceptors (Lipinski definition) is 2. The molecule has 2 N–H and O–H groups in total. The fourth-order valence-electron chi connectivity index (χ4n) is 3.45. The monoisotopic (exact) mass is 271 g/mol. The topological polar surface area (TPSA) is 43.8 Å². The van der Waals surface area contributed by atoms with Gasteiger partial charge in [0.15, 0.2) is 0 Å². The first kappa shape index (κ1) is 13.6. The molecule has 3 heteroatoms. The Balaban J connectivity index is 1.97. The molecular weight excluding hydrogens is 246 g/mol. The second-order valence-electron chi connectivity index (χ2n) is 6.06. The molecule has 0 spiro atoms. The van der Waals surface area contributed by atoms with Gasteiger partial charge in [-0.1, -0.05) is 38.7 Å². The molecule has 0 aliphatic heterocycles. The Labute approximate surface area is 121 Å². The minimum absolute atomic E-state index is 0.592. The highest BCUT2D eigenvalue weighted by Gasteiger charge is 2.19. The molecule has 0 bridgehead atoms. The van der Waals surface area contributed by atoms with Gasteiger partial charge in [-0.15, -0.1) is 0 Å². The van der Waals surface area contributed by atoms with Gasteiger partial charge in [0.05, 0.1) is 11.0 Å². The van der Waals surface area contributed by atoms with Crippen molar-refractivity contribution in [1.29, 1.82) is 0 Å². The number of nitrogens with two attached hydrogens (primary N) is 1. The molecule has 1 aliphatic carbocycles. The summed E-state index contributed by atoms with van der Waals surface area (Å²) >= 11 is 0. The van der Waals surface area contributed by atoms with E-state index in [1.165, 1.54) is 42.6 Å². The van der Waals surface area contributed by atoms with Crippen LogP contribution in [0.15, 0.2) is 18.2 Å². The third-order valence-corrected chi connectivity index (χ3v) is 4.52. The molecule has 1 aromatic carbocycles. The maximum atomic E-state index is 5.74. The van der Waals surface area contributed by atoms with E-state index in [1.807, 2.05) is 0 Å². The highest BCUT2D eigenvalue weighted by atomic mass is 15.1. The van der Waals surface area contributed by atoms with Gasteiger partial charge in [-0.25, -0.2) is 4.98 Å². The van der Waals surface area contributed by atoms with Crippen molar-refractivity contribution in [1.82, 2.24) is 9.55 Å². The summed E-state index contributed by atoms with van der Waals surface area (Å²) in [4.78, 5) is 4.91. The normalized spacial score (nSPS) is 16.3. The molecule has 108 valence electrons. The molecule has 1 fully saturated rings. The lowest BCUT2D eigenvalue weighted by Gasteiger charge is -2.11. The first-order valence-electron chi connectivity index (χ1n) is 8.00. The molecule has 0 unspecified atom stereocenters. The molecular formula is C17H25N3. The summed E-state index contributed by atoms with van der Waals surface area (Å²) in [5.74, 6) is 2.12. The number of nitrogens with zero attached hydrogens (tertiary/aromatic N) is 2. The van der Waals surface area contributed by atoms with Gasteiger partial charge in [0, 0.05) is 19.5 Å². The second-order valence-corrected chi connectivity index (χ2v) is 6.06. The first-order chi connectivity index (χ1) is 9.81. The van der Waals surface area contributed by atoms with Crippen LogP contribution < -0.4 is 5.73 Å². The lowest BCUT2D eigenvalue weighted by atomic mass is 10.0. The third-order valence-electron chi connectivity index (χ3n) is 4.52. The maximum Gasteiger partial charge on any atom is 0.110 e. The van der Waals surface area contributed by atoms with E-state index < -0.39 is 0 Å². The van der Waals surface area contributed by atoms with Crippen LogP contribution >= 0.6 is 0 Å². The van der Waals surface area contributed by atoms with E-state index in [1.54, 1.807) is 0 Å². The van der Waals surface area contributed by atoms with Crippen LogP contribution in [-0.2, 0) is 19.5 Å². The minimum Gasteiger partial charge on any atom is -0.328 e. The molecule has 3 nitrogen and oxygen atoms in total. The van der Waals surface area contributed by atoms with E-state index in [0.29, 0.717) is 6.54 Å². The number of fused-ring (bicyclic) bond motifs is 1. The zero-order valence-electron chi connectivity index (χ0n) is 12.4. The summed E-state index contributed by atoms with van der Waals surface area (Å²) in [5, 5.41) is 0. The van der Waals surface area contributed by atoms with Gasteiger partial charge in [0.1, 0.15) is 5.82 Å². The Bertz CT molecular complexity index is 579. The van der Waals surface area contributed by atoms with E-state index in [0.717, 1.165) is 30.8 Å². The summed E-state index contributed by atoms with van der Waals surface area (Å²) < 4.78 is 2.42.